The van der Waals surface area contributed by atoms with Gasteiger partial charge >= 0.3 is 0 Å². The van der Waals surface area contributed by atoms with Crippen LogP contribution in [0.1, 0.15) is 28.2 Å². The van der Waals surface area contributed by atoms with Gasteiger partial charge in [0.1, 0.15) is 11.5 Å². The van der Waals surface area contributed by atoms with Gasteiger partial charge in [-0.3, -0.25) is 9.59 Å². The Bertz CT molecular complexity index is 726. The van der Waals surface area contributed by atoms with Gasteiger partial charge in [0.05, 0.1) is 12.4 Å². The molecule has 1 saturated heterocycles. The zero-order valence-electron chi connectivity index (χ0n) is 12.7. The third kappa shape index (κ3) is 3.39. The summed E-state index contributed by atoms with van der Waals surface area (Å²) in [5.74, 6) is -0.621. The highest BCUT2D eigenvalue weighted by Gasteiger charge is 2.31. The fourth-order valence-corrected chi connectivity index (χ4v) is 2.67. The Morgan fingerprint density at radius 1 is 1.43 bits per heavy atom. The molecule has 2 amide bonds. The van der Waals surface area contributed by atoms with E-state index in [1.807, 2.05) is 0 Å². The molecule has 0 radical (unpaired) electrons. The summed E-state index contributed by atoms with van der Waals surface area (Å²) >= 11 is 0. The van der Waals surface area contributed by atoms with Gasteiger partial charge in [-0.2, -0.15) is 0 Å². The molecule has 0 unspecified atom stereocenters. The van der Waals surface area contributed by atoms with Gasteiger partial charge in [0, 0.05) is 25.2 Å². The summed E-state index contributed by atoms with van der Waals surface area (Å²) in [4.78, 5) is 32.7. The van der Waals surface area contributed by atoms with Crippen LogP contribution in [0.5, 0.6) is 0 Å². The number of aromatic amines is 1. The van der Waals surface area contributed by atoms with Crippen molar-refractivity contribution in [3.8, 4) is 0 Å². The first-order valence-electron chi connectivity index (χ1n) is 7.36. The van der Waals surface area contributed by atoms with Crippen LogP contribution in [0.15, 0.2) is 30.6 Å². The second-order valence-corrected chi connectivity index (χ2v) is 5.65. The van der Waals surface area contributed by atoms with Gasteiger partial charge in [-0.05, 0) is 24.6 Å². The predicted molar refractivity (Wildman–Crippen MR) is 81.0 cm³/mol. The van der Waals surface area contributed by atoms with Gasteiger partial charge < -0.3 is 15.2 Å². The number of amides is 2. The number of carbonyl (C=O) groups excluding carboxylic acids is 2. The second kappa shape index (κ2) is 6.20. The molecular weight excluding hydrogens is 299 g/mol. The number of nitrogens with zero attached hydrogens (tertiary/aromatic N) is 2. The van der Waals surface area contributed by atoms with E-state index in [4.69, 9.17) is 0 Å². The molecule has 2 heterocycles. The van der Waals surface area contributed by atoms with Gasteiger partial charge in [-0.1, -0.05) is 12.1 Å². The summed E-state index contributed by atoms with van der Waals surface area (Å²) in [6.45, 7) is 2.61. The molecular formula is C16H17FN4O2. The van der Waals surface area contributed by atoms with Crippen LogP contribution in [0.25, 0.3) is 0 Å². The van der Waals surface area contributed by atoms with Crippen molar-refractivity contribution >= 4 is 11.8 Å². The SMILES string of the molecule is Cc1[nH]cnc1C(=O)N[C@H]1CC(=O)N(Cc2ccc(F)cc2)C1. The van der Waals surface area contributed by atoms with E-state index in [0.717, 1.165) is 5.56 Å². The summed E-state index contributed by atoms with van der Waals surface area (Å²) in [7, 11) is 0. The van der Waals surface area contributed by atoms with E-state index >= 15 is 0 Å². The molecule has 2 aromatic rings. The molecule has 2 N–H and O–H groups in total. The molecule has 0 bridgehead atoms. The lowest BCUT2D eigenvalue weighted by Crippen LogP contribution is -2.37. The number of H-pyrrole nitrogens is 1. The van der Waals surface area contributed by atoms with E-state index in [-0.39, 0.29) is 30.1 Å². The van der Waals surface area contributed by atoms with E-state index < -0.39 is 0 Å². The monoisotopic (exact) mass is 316 g/mol. The lowest BCUT2D eigenvalue weighted by Gasteiger charge is -2.17. The van der Waals surface area contributed by atoms with Crippen LogP contribution in [0.4, 0.5) is 4.39 Å². The van der Waals surface area contributed by atoms with Crippen LogP contribution >= 0.6 is 0 Å². The van der Waals surface area contributed by atoms with E-state index in [0.29, 0.717) is 24.5 Å². The Morgan fingerprint density at radius 2 is 2.17 bits per heavy atom. The molecule has 1 aliphatic heterocycles. The van der Waals surface area contributed by atoms with E-state index in [1.165, 1.54) is 18.5 Å². The summed E-state index contributed by atoms with van der Waals surface area (Å²) in [6.07, 6.45) is 1.72. The summed E-state index contributed by atoms with van der Waals surface area (Å²) < 4.78 is 12.9. The Labute approximate surface area is 132 Å². The molecule has 1 aromatic heterocycles. The van der Waals surface area contributed by atoms with Crippen molar-refractivity contribution in [2.24, 2.45) is 0 Å². The van der Waals surface area contributed by atoms with Crippen molar-refractivity contribution in [3.05, 3.63) is 53.4 Å². The smallest absolute Gasteiger partial charge is 0.272 e. The van der Waals surface area contributed by atoms with Crippen molar-refractivity contribution in [2.75, 3.05) is 6.54 Å². The average molecular weight is 316 g/mol. The molecule has 1 aromatic carbocycles. The van der Waals surface area contributed by atoms with E-state index in [2.05, 4.69) is 15.3 Å². The number of benzene rings is 1. The highest BCUT2D eigenvalue weighted by molar-refractivity contribution is 5.94. The molecule has 0 aliphatic carbocycles. The molecule has 120 valence electrons. The number of aryl methyl sites for hydroxylation is 1. The average Bonchev–Trinajstić information content (AvgIpc) is 3.08. The fourth-order valence-electron chi connectivity index (χ4n) is 2.67. The summed E-state index contributed by atoms with van der Waals surface area (Å²) in [6, 6.07) is 5.81. The van der Waals surface area contributed by atoms with Crippen molar-refractivity contribution in [1.29, 1.82) is 0 Å². The molecule has 1 fully saturated rings. The summed E-state index contributed by atoms with van der Waals surface area (Å²) in [5, 5.41) is 2.83. The molecule has 3 rings (SSSR count). The summed E-state index contributed by atoms with van der Waals surface area (Å²) in [5.41, 5.74) is 1.89. The number of hydrogen-bond acceptors (Lipinski definition) is 3. The Kier molecular flexibility index (Phi) is 4.10. The first kappa shape index (κ1) is 15.2. The van der Waals surface area contributed by atoms with Crippen molar-refractivity contribution in [2.45, 2.75) is 25.9 Å². The number of carbonyl (C=O) groups is 2. The van der Waals surface area contributed by atoms with Crippen LogP contribution in [-0.4, -0.2) is 39.3 Å². The molecule has 23 heavy (non-hydrogen) atoms. The van der Waals surface area contributed by atoms with Gasteiger partial charge in [0.2, 0.25) is 5.91 Å². The lowest BCUT2D eigenvalue weighted by molar-refractivity contribution is -0.128. The number of halogens is 1. The van der Waals surface area contributed by atoms with Crippen molar-refractivity contribution in [3.63, 3.8) is 0 Å². The second-order valence-electron chi connectivity index (χ2n) is 5.65. The van der Waals surface area contributed by atoms with Crippen molar-refractivity contribution < 1.29 is 14.0 Å². The Balaban J connectivity index is 1.60. The first-order chi connectivity index (χ1) is 11.0. The van der Waals surface area contributed by atoms with Crippen molar-refractivity contribution in [1.82, 2.24) is 20.2 Å². The first-order valence-corrected chi connectivity index (χ1v) is 7.36. The standard InChI is InChI=1S/C16H17FN4O2/c1-10-15(19-9-18-10)16(23)20-13-6-14(22)21(8-13)7-11-2-4-12(17)5-3-11/h2-5,9,13H,6-8H2,1H3,(H,18,19)(H,20,23)/t13-/m0/s1. The van der Waals surface area contributed by atoms with Crippen LogP contribution < -0.4 is 5.32 Å². The van der Waals surface area contributed by atoms with Gasteiger partial charge in [-0.15, -0.1) is 0 Å². The minimum absolute atomic E-state index is 0.0293. The molecule has 0 saturated carbocycles. The van der Waals surface area contributed by atoms with E-state index in [9.17, 15) is 14.0 Å². The van der Waals surface area contributed by atoms with Gasteiger partial charge in [0.15, 0.2) is 0 Å². The minimum Gasteiger partial charge on any atom is -0.348 e. The van der Waals surface area contributed by atoms with Gasteiger partial charge in [0.25, 0.3) is 5.91 Å². The van der Waals surface area contributed by atoms with E-state index in [1.54, 1.807) is 24.0 Å². The van der Waals surface area contributed by atoms with Crippen LogP contribution in [0.2, 0.25) is 0 Å². The number of likely N-dealkylation sites (tertiary alicyclic amines) is 1. The third-order valence-corrected chi connectivity index (χ3v) is 3.88. The van der Waals surface area contributed by atoms with Crippen LogP contribution in [0.3, 0.4) is 0 Å². The Hall–Kier alpha value is -2.70. The topological polar surface area (TPSA) is 78.1 Å². The molecule has 6 nitrogen and oxygen atoms in total. The maximum atomic E-state index is 12.9. The quantitative estimate of drug-likeness (QED) is 0.895. The molecule has 1 atom stereocenters. The fraction of sp³-hybridized carbons (Fsp3) is 0.312. The number of hydrogen-bond donors (Lipinski definition) is 2. The number of aromatic nitrogens is 2. The zero-order chi connectivity index (χ0) is 16.4. The highest BCUT2D eigenvalue weighted by atomic mass is 19.1. The number of nitrogens with one attached hydrogen (secondary N) is 2. The maximum Gasteiger partial charge on any atom is 0.272 e. The maximum absolute atomic E-state index is 12.9. The lowest BCUT2D eigenvalue weighted by atomic mass is 10.2. The van der Waals surface area contributed by atoms with Crippen LogP contribution in [-0.2, 0) is 11.3 Å². The molecule has 7 heteroatoms. The number of imidazole rings is 1. The van der Waals surface area contributed by atoms with Crippen LogP contribution in [0, 0.1) is 12.7 Å². The normalized spacial score (nSPS) is 17.6. The highest BCUT2D eigenvalue weighted by Crippen LogP contribution is 2.16. The largest absolute Gasteiger partial charge is 0.348 e. The number of rotatable bonds is 4. The van der Waals surface area contributed by atoms with Gasteiger partial charge in [-0.25, -0.2) is 9.37 Å². The predicted octanol–water partition coefficient (Wildman–Crippen LogP) is 1.39. The molecule has 0 spiro atoms. The Morgan fingerprint density at radius 3 is 2.83 bits per heavy atom. The molecule has 1 aliphatic rings. The zero-order valence-corrected chi connectivity index (χ0v) is 12.7. The third-order valence-electron chi connectivity index (χ3n) is 3.88. The minimum atomic E-state index is -0.305.